The molecule has 3 heterocycles. The molecule has 0 spiro atoms. The number of oxime groups is 1. The minimum absolute atomic E-state index is 0.0419. The molecule has 5 rings (SSSR count). The quantitative estimate of drug-likeness (QED) is 0.450. The number of benzene rings is 2. The molecule has 0 aliphatic carbocycles. The van der Waals surface area contributed by atoms with Gasteiger partial charge in [-0.25, -0.2) is 4.79 Å². The first-order valence-electron chi connectivity index (χ1n) is 13.5. The van der Waals surface area contributed by atoms with E-state index in [-0.39, 0.29) is 29.9 Å². The zero-order chi connectivity index (χ0) is 27.4. The number of carbonyl (C=O) groups excluding carboxylic acids is 1. The van der Waals surface area contributed by atoms with Gasteiger partial charge in [0.25, 0.3) is 0 Å². The molecule has 0 bridgehead atoms. The minimum Gasteiger partial charge on any atom is -0.493 e. The van der Waals surface area contributed by atoms with Crippen molar-refractivity contribution in [3.63, 3.8) is 0 Å². The van der Waals surface area contributed by atoms with Crippen LogP contribution in [0, 0.1) is 5.92 Å². The van der Waals surface area contributed by atoms with Crippen LogP contribution in [0.1, 0.15) is 35.3 Å². The lowest BCUT2D eigenvalue weighted by molar-refractivity contribution is 0.00993. The lowest BCUT2D eigenvalue weighted by Gasteiger charge is -2.36. The Morgan fingerprint density at radius 2 is 1.85 bits per heavy atom. The molecule has 0 N–H and O–H groups in total. The molecule has 1 saturated heterocycles. The van der Waals surface area contributed by atoms with Gasteiger partial charge < -0.3 is 23.8 Å². The first kappa shape index (κ1) is 27.0. The van der Waals surface area contributed by atoms with Crippen molar-refractivity contribution in [2.75, 3.05) is 66.7 Å². The predicted molar refractivity (Wildman–Crippen MR) is 149 cm³/mol. The molecular weight excluding hydrogens is 498 g/mol. The number of methoxy groups -OCH3 is 2. The van der Waals surface area contributed by atoms with Gasteiger partial charge in [-0.2, -0.15) is 0 Å². The van der Waals surface area contributed by atoms with E-state index in [0.717, 1.165) is 45.0 Å². The van der Waals surface area contributed by atoms with Crippen LogP contribution in [0.25, 0.3) is 6.08 Å². The predicted octanol–water partition coefficient (Wildman–Crippen LogP) is 3.71. The summed E-state index contributed by atoms with van der Waals surface area (Å²) in [5, 5.41) is 4.46. The number of hydrogen-bond donors (Lipinski definition) is 0. The van der Waals surface area contributed by atoms with Gasteiger partial charge in [-0.3, -0.25) is 9.80 Å². The highest BCUT2D eigenvalue weighted by Crippen LogP contribution is 2.45. The third-order valence-electron chi connectivity index (χ3n) is 7.46. The van der Waals surface area contributed by atoms with Gasteiger partial charge in [0.15, 0.2) is 17.6 Å². The number of hydrogen-bond acceptors (Lipinski definition) is 9. The molecule has 9 nitrogen and oxygen atoms in total. The number of carbonyl (C=O) groups is 1. The number of rotatable bonds is 9. The van der Waals surface area contributed by atoms with E-state index in [2.05, 4.69) is 52.2 Å². The molecule has 2 aromatic carbocycles. The number of fused-ring (bicyclic) bond motifs is 3. The fourth-order valence-electron chi connectivity index (χ4n) is 5.53. The molecule has 0 radical (unpaired) electrons. The zero-order valence-electron chi connectivity index (χ0n) is 23.1. The Labute approximate surface area is 229 Å². The minimum atomic E-state index is -0.522. The van der Waals surface area contributed by atoms with Crippen LogP contribution in [0.3, 0.4) is 0 Å². The van der Waals surface area contributed by atoms with Gasteiger partial charge in [0.1, 0.15) is 23.6 Å². The summed E-state index contributed by atoms with van der Waals surface area (Å²) in [5.41, 5.74) is 4.27. The lowest BCUT2D eigenvalue weighted by atomic mass is 9.88. The van der Waals surface area contributed by atoms with Crippen molar-refractivity contribution in [2.24, 2.45) is 11.1 Å². The van der Waals surface area contributed by atoms with E-state index in [4.69, 9.17) is 23.8 Å². The highest BCUT2D eigenvalue weighted by molar-refractivity contribution is 6.10. The van der Waals surface area contributed by atoms with Crippen LogP contribution in [0.5, 0.6) is 17.2 Å². The zero-order valence-corrected chi connectivity index (χ0v) is 23.1. The number of piperazine rings is 1. The molecule has 1 fully saturated rings. The van der Waals surface area contributed by atoms with Crippen molar-refractivity contribution in [1.29, 1.82) is 0 Å². The highest BCUT2D eigenvalue weighted by atomic mass is 16.6. The third kappa shape index (κ3) is 5.74. The average Bonchev–Trinajstić information content (AvgIpc) is 3.36. The summed E-state index contributed by atoms with van der Waals surface area (Å²) in [6.07, 6.45) is 2.13. The highest BCUT2D eigenvalue weighted by Gasteiger charge is 2.43. The topological polar surface area (TPSA) is 82.1 Å². The van der Waals surface area contributed by atoms with Gasteiger partial charge in [0.2, 0.25) is 0 Å². The number of esters is 1. The Balaban J connectivity index is 1.23. The van der Waals surface area contributed by atoms with Crippen LogP contribution in [-0.2, 0) is 9.57 Å². The van der Waals surface area contributed by atoms with Crippen molar-refractivity contribution in [3.8, 4) is 17.2 Å². The third-order valence-corrected chi connectivity index (χ3v) is 7.46. The maximum absolute atomic E-state index is 12.8. The molecule has 0 saturated carbocycles. The molecule has 3 aliphatic heterocycles. The van der Waals surface area contributed by atoms with E-state index in [1.54, 1.807) is 13.0 Å². The smallest absolute Gasteiger partial charge is 0.345 e. The summed E-state index contributed by atoms with van der Waals surface area (Å²) in [4.78, 5) is 23.7. The number of nitrogens with zero attached hydrogens (tertiary/aromatic N) is 3. The van der Waals surface area contributed by atoms with Gasteiger partial charge in [0, 0.05) is 44.8 Å². The van der Waals surface area contributed by atoms with E-state index < -0.39 is 5.97 Å². The summed E-state index contributed by atoms with van der Waals surface area (Å²) < 4.78 is 22.5. The molecule has 2 atom stereocenters. The van der Waals surface area contributed by atoms with Crippen LogP contribution in [-0.4, -0.2) is 94.3 Å². The first-order valence-corrected chi connectivity index (χ1v) is 13.5. The van der Waals surface area contributed by atoms with E-state index in [1.807, 2.05) is 6.07 Å². The standard InChI is InChI=1S/C30H37N3O6/c1-5-37-30(34)26-28-22(16-24(35-3)29(26)36-4)27-23(19-38-28)25(39-31-27)18-33-13-11-32(12-14-33)17-20(2)15-21-9-7-6-8-10-21/h6-10,15-16,23,25H,5,11-14,17-19H2,1-4H3/b20-15+. The van der Waals surface area contributed by atoms with Crippen LogP contribution in [0.15, 0.2) is 47.1 Å². The van der Waals surface area contributed by atoms with E-state index in [0.29, 0.717) is 23.7 Å². The van der Waals surface area contributed by atoms with E-state index >= 15 is 0 Å². The second-order valence-corrected chi connectivity index (χ2v) is 10.1. The van der Waals surface area contributed by atoms with E-state index in [9.17, 15) is 4.79 Å². The Bertz CT molecular complexity index is 1240. The maximum atomic E-state index is 12.8. The van der Waals surface area contributed by atoms with Crippen molar-refractivity contribution in [3.05, 3.63) is 58.7 Å². The Morgan fingerprint density at radius 3 is 2.54 bits per heavy atom. The second kappa shape index (κ2) is 12.1. The Hall–Kier alpha value is -3.56. The monoisotopic (exact) mass is 535 g/mol. The van der Waals surface area contributed by atoms with Crippen molar-refractivity contribution < 1.29 is 28.6 Å². The molecule has 2 aromatic rings. The molecule has 3 aliphatic rings. The first-order chi connectivity index (χ1) is 19.0. The maximum Gasteiger partial charge on any atom is 0.345 e. The van der Waals surface area contributed by atoms with Crippen molar-refractivity contribution in [2.45, 2.75) is 20.0 Å². The molecule has 0 aromatic heterocycles. The van der Waals surface area contributed by atoms with E-state index in [1.165, 1.54) is 25.4 Å². The summed E-state index contributed by atoms with van der Waals surface area (Å²) in [5.74, 6) is 0.543. The van der Waals surface area contributed by atoms with Crippen LogP contribution >= 0.6 is 0 Å². The molecule has 39 heavy (non-hydrogen) atoms. The molecular formula is C30H37N3O6. The Morgan fingerprint density at radius 1 is 1.10 bits per heavy atom. The van der Waals surface area contributed by atoms with Crippen LogP contribution in [0.2, 0.25) is 0 Å². The van der Waals surface area contributed by atoms with Gasteiger partial charge in [-0.1, -0.05) is 47.1 Å². The van der Waals surface area contributed by atoms with Crippen molar-refractivity contribution >= 4 is 17.8 Å². The lowest BCUT2D eigenvalue weighted by Crippen LogP contribution is -2.50. The molecule has 208 valence electrons. The molecule has 9 heteroatoms. The van der Waals surface area contributed by atoms with Gasteiger partial charge in [0.05, 0.1) is 26.7 Å². The average molecular weight is 536 g/mol. The van der Waals surface area contributed by atoms with Gasteiger partial charge in [-0.05, 0) is 25.5 Å². The largest absolute Gasteiger partial charge is 0.493 e. The van der Waals surface area contributed by atoms with Crippen LogP contribution in [0.4, 0.5) is 0 Å². The summed E-state index contributed by atoms with van der Waals surface area (Å²) >= 11 is 0. The molecule has 2 unspecified atom stereocenters. The van der Waals surface area contributed by atoms with Crippen LogP contribution < -0.4 is 14.2 Å². The summed E-state index contributed by atoms with van der Waals surface area (Å²) in [6, 6.07) is 12.3. The second-order valence-electron chi connectivity index (χ2n) is 10.1. The SMILES string of the molecule is CCOC(=O)c1c(OC)c(OC)cc2c1OCC1C2=NOC1CN1CCN(C/C(C)=C/c2ccccc2)CC1. The van der Waals surface area contributed by atoms with Gasteiger partial charge in [-0.15, -0.1) is 0 Å². The molecule has 0 amide bonds. The fourth-order valence-corrected chi connectivity index (χ4v) is 5.53. The van der Waals surface area contributed by atoms with Gasteiger partial charge >= 0.3 is 5.97 Å². The number of ether oxygens (including phenoxy) is 4. The summed E-state index contributed by atoms with van der Waals surface area (Å²) in [7, 11) is 3.03. The van der Waals surface area contributed by atoms with Crippen molar-refractivity contribution in [1.82, 2.24) is 9.80 Å². The normalized spacial score (nSPS) is 21.2. The Kier molecular flexibility index (Phi) is 8.38. The summed E-state index contributed by atoms with van der Waals surface area (Å²) in [6.45, 7) is 10.2. The fraction of sp³-hybridized carbons (Fsp3) is 0.467.